The molecule has 8 rings (SSSR count). The van der Waals surface area contributed by atoms with E-state index in [2.05, 4.69) is 10.6 Å². The molecule has 0 saturated carbocycles. The highest BCUT2D eigenvalue weighted by atomic mass is 32.2. The Morgan fingerprint density at radius 2 is 0.885 bits per heavy atom. The van der Waals surface area contributed by atoms with Crippen molar-refractivity contribution >= 4 is 70.9 Å². The number of rotatable bonds is 20. The topological polar surface area (TPSA) is 180 Å². The minimum atomic E-state index is -6.18. The summed E-state index contributed by atoms with van der Waals surface area (Å²) in [6, 6.07) is 11.1. The monoisotopic (exact) mass is 1250 g/mol. The van der Waals surface area contributed by atoms with Crippen LogP contribution in [0.15, 0.2) is 82.6 Å². The predicted octanol–water partition coefficient (Wildman–Crippen LogP) is 12.1. The van der Waals surface area contributed by atoms with Gasteiger partial charge in [0.05, 0.1) is 34.1 Å². The molecule has 4 saturated heterocycles. The Morgan fingerprint density at radius 3 is 1.22 bits per heavy atom. The second-order valence-corrected chi connectivity index (χ2v) is 22.6. The van der Waals surface area contributed by atoms with Crippen molar-refractivity contribution in [2.75, 3.05) is 75.2 Å². The van der Waals surface area contributed by atoms with Crippen molar-refractivity contribution in [3.8, 4) is 22.3 Å². The van der Waals surface area contributed by atoms with Crippen molar-refractivity contribution in [1.29, 1.82) is 0 Å². The van der Waals surface area contributed by atoms with Gasteiger partial charge in [0.2, 0.25) is 23.6 Å². The maximum atomic E-state index is 16.1. The molecule has 4 heterocycles. The molecule has 4 N–H and O–H groups in total. The molecule has 0 aromatic heterocycles. The van der Waals surface area contributed by atoms with Gasteiger partial charge < -0.3 is 40.4 Å². The molecule has 4 aromatic carbocycles. The number of carbonyl (C=O) groups excluding carboxylic acids is 4. The summed E-state index contributed by atoms with van der Waals surface area (Å²) in [5.41, 5.74) is -15.5. The van der Waals surface area contributed by atoms with Crippen LogP contribution in [0.2, 0.25) is 0 Å². The van der Waals surface area contributed by atoms with Crippen molar-refractivity contribution in [1.82, 2.24) is 20.4 Å². The number of hydrogen-bond donors (Lipinski definition) is 4. The van der Waals surface area contributed by atoms with E-state index < -0.39 is 126 Å². The molecule has 4 amide bonds. The van der Waals surface area contributed by atoms with Gasteiger partial charge in [0.1, 0.15) is 0 Å². The summed E-state index contributed by atoms with van der Waals surface area (Å²) < 4.78 is 193. The van der Waals surface area contributed by atoms with E-state index in [0.717, 1.165) is 12.1 Å². The Balaban J connectivity index is 1.37. The maximum Gasteiger partial charge on any atom is 0.418 e. The molecule has 0 radical (unpaired) electrons. The molecule has 4 aliphatic rings. The fourth-order valence-corrected chi connectivity index (χ4v) is 12.8. The summed E-state index contributed by atoms with van der Waals surface area (Å²) in [7, 11) is 0. The van der Waals surface area contributed by atoms with Crippen LogP contribution in [0.25, 0.3) is 34.4 Å². The number of aliphatic carboxylic acids is 2. The molecule has 4 aromatic rings. The lowest BCUT2D eigenvalue weighted by atomic mass is 9.88. The van der Waals surface area contributed by atoms with Crippen molar-refractivity contribution in [2.45, 2.75) is 98.7 Å². The molecule has 0 spiro atoms. The molecule has 27 heteroatoms. The van der Waals surface area contributed by atoms with Crippen molar-refractivity contribution in [3.05, 3.63) is 106 Å². The smallest absolute Gasteiger partial charge is 0.418 e. The number of halogens is 12. The Hall–Kier alpha value is -7.71. The molecule has 2 atom stereocenters. The Morgan fingerprint density at radius 1 is 0.517 bits per heavy atom. The zero-order valence-corrected chi connectivity index (χ0v) is 47.3. The minimum absolute atomic E-state index is 0.0539. The number of likely N-dealkylation sites (tertiary alicyclic amines) is 2. The van der Waals surface area contributed by atoms with E-state index in [4.69, 9.17) is 0 Å². The zero-order chi connectivity index (χ0) is 63.2. The number of amides is 4. The van der Waals surface area contributed by atoms with Crippen LogP contribution in [0, 0.1) is 11.8 Å². The van der Waals surface area contributed by atoms with Crippen LogP contribution in [0.3, 0.4) is 0 Å². The van der Waals surface area contributed by atoms with Gasteiger partial charge in [-0.05, 0) is 110 Å². The van der Waals surface area contributed by atoms with Crippen LogP contribution >= 0.6 is 11.8 Å². The van der Waals surface area contributed by atoms with Gasteiger partial charge in [-0.2, -0.15) is 52.7 Å². The molecule has 0 bridgehead atoms. The second-order valence-electron chi connectivity index (χ2n) is 21.5. The van der Waals surface area contributed by atoms with E-state index in [1.807, 2.05) is 0 Å². The number of benzene rings is 4. The Labute approximate surface area is 495 Å². The van der Waals surface area contributed by atoms with E-state index in [1.165, 1.54) is 56.0 Å². The van der Waals surface area contributed by atoms with Crippen LogP contribution in [0.4, 0.5) is 64.1 Å². The van der Waals surface area contributed by atoms with E-state index in [1.54, 1.807) is 0 Å². The number of anilines is 2. The largest absolute Gasteiger partial charge is 0.481 e. The zero-order valence-electron chi connectivity index (χ0n) is 46.5. The van der Waals surface area contributed by atoms with E-state index >= 15 is 52.7 Å². The summed E-state index contributed by atoms with van der Waals surface area (Å²) in [6.07, 6.45) is -19.9. The van der Waals surface area contributed by atoms with Crippen molar-refractivity contribution in [2.24, 2.45) is 11.8 Å². The van der Waals surface area contributed by atoms with Gasteiger partial charge >= 0.3 is 36.6 Å². The lowest BCUT2D eigenvalue weighted by Crippen LogP contribution is -2.39. The molecule has 2 unspecified atom stereocenters. The number of hydrogen-bond acceptors (Lipinski definition) is 9. The number of para-hydroxylation sites is 2. The fraction of sp³-hybridized carbons (Fsp3) is 0.433. The third-order valence-electron chi connectivity index (χ3n) is 15.6. The lowest BCUT2D eigenvalue weighted by Gasteiger charge is -2.34. The molecule has 4 aliphatic heterocycles. The second kappa shape index (κ2) is 27.1. The number of piperidine rings is 2. The molecule has 4 fully saturated rings. The molecule has 87 heavy (non-hydrogen) atoms. The highest BCUT2D eigenvalue weighted by molar-refractivity contribution is 7.99. The third kappa shape index (κ3) is 15.7. The highest BCUT2D eigenvalue weighted by Gasteiger charge is 2.51. The maximum absolute atomic E-state index is 16.1. The Bertz CT molecular complexity index is 3110. The summed E-state index contributed by atoms with van der Waals surface area (Å²) in [5, 5.41) is 24.8. The van der Waals surface area contributed by atoms with Gasteiger partial charge in [-0.1, -0.05) is 48.2 Å². The minimum Gasteiger partial charge on any atom is -0.481 e. The van der Waals surface area contributed by atoms with Gasteiger partial charge in [-0.15, -0.1) is 0 Å². The van der Waals surface area contributed by atoms with Crippen LogP contribution in [-0.4, -0.2) is 121 Å². The summed E-state index contributed by atoms with van der Waals surface area (Å²) >= 11 is -0.707. The van der Waals surface area contributed by atoms with Gasteiger partial charge in [0.15, 0.2) is 0 Å². The average molecular weight is 1250 g/mol. The SMILES string of the molecule is O=C(C=Cc1c(-c2ccccc2N2CCCC(C(=O)O)C2)cc(Sc2cc(-c3ccccc3N3CCCC(C(=O)O)C3)c(C=CC(=O)NCCCN3CCCC3=O)c(C(F)(F)F)c2C(F)(F)F)c(C(F)(F)F)c1C(F)(F)F)NCCCN1CCCC1=O. The lowest BCUT2D eigenvalue weighted by molar-refractivity contribution is -0.164. The number of carboxylic acids is 2. The van der Waals surface area contributed by atoms with E-state index in [9.17, 15) is 39.0 Å². The quantitative estimate of drug-likeness (QED) is 0.0376. The number of nitrogens with zero attached hydrogens (tertiary/aromatic N) is 4. The Kier molecular flexibility index (Phi) is 20.4. The summed E-state index contributed by atoms with van der Waals surface area (Å²) in [6.45, 7) is 0.542. The van der Waals surface area contributed by atoms with Crippen LogP contribution < -0.4 is 20.4 Å². The average Bonchev–Trinajstić information content (AvgIpc) is 0.969. The van der Waals surface area contributed by atoms with Gasteiger partial charge in [0.25, 0.3) is 0 Å². The highest BCUT2D eigenvalue weighted by Crippen LogP contribution is 2.56. The first-order chi connectivity index (χ1) is 41.0. The van der Waals surface area contributed by atoms with Crippen LogP contribution in [0.1, 0.15) is 97.6 Å². The molecule has 468 valence electrons. The normalized spacial score (nSPS) is 18.2. The first kappa shape index (κ1) is 65.3. The first-order valence-electron chi connectivity index (χ1n) is 28.0. The molecule has 14 nitrogen and oxygen atoms in total. The standard InChI is InChI=1S/C60H60F12N6O8S/c61-57(62,63)51-39(19-21-47(79)73-23-9-29-75-25-7-17-49(75)81)41(37-13-1-3-15-43(37)77-27-5-11-35(33-77)55(83)84)31-45(53(51)59(67,68)69)87-46-32-42(38-14-2-4-16-44(38)78-28-6-12-36(34-78)56(85)86)40(52(58(64,65)66)54(46)60(70,71)72)20-22-48(80)74-24-10-30-76-26-8-18-50(76)82/h1-4,13-16,19-22,31-32,35-36H,5-12,17-18,23-30,33-34H2,(H,73,79)(H,74,80)(H,83,84)(H,85,86). The molecule has 0 aliphatic carbocycles. The number of carboxylic acid groups (broad SMARTS) is 2. The number of alkyl halides is 12. The van der Waals surface area contributed by atoms with E-state index in [0.29, 0.717) is 75.2 Å². The summed E-state index contributed by atoms with van der Waals surface area (Å²) in [4.78, 5) is 78.0. The predicted molar refractivity (Wildman–Crippen MR) is 298 cm³/mol. The van der Waals surface area contributed by atoms with Crippen LogP contribution in [0.5, 0.6) is 0 Å². The van der Waals surface area contributed by atoms with Gasteiger partial charge in [-0.3, -0.25) is 28.8 Å². The third-order valence-corrected chi connectivity index (χ3v) is 16.7. The van der Waals surface area contributed by atoms with Gasteiger partial charge in [-0.25, -0.2) is 0 Å². The number of nitrogens with one attached hydrogen (secondary N) is 2. The first-order valence-corrected chi connectivity index (χ1v) is 28.8. The van der Waals surface area contributed by atoms with Crippen molar-refractivity contribution in [3.63, 3.8) is 0 Å². The fourth-order valence-electron chi connectivity index (χ4n) is 11.6. The van der Waals surface area contributed by atoms with Crippen LogP contribution in [-0.2, 0) is 53.5 Å². The molecular weight excluding hydrogens is 1190 g/mol. The van der Waals surface area contributed by atoms with Gasteiger partial charge in [0, 0.05) is 123 Å². The number of carbonyl (C=O) groups is 6. The van der Waals surface area contributed by atoms with E-state index in [-0.39, 0.29) is 125 Å². The van der Waals surface area contributed by atoms with Crippen molar-refractivity contribution < 1.29 is 91.7 Å². The molecular formula is C60H60F12N6O8S. The summed E-state index contributed by atoms with van der Waals surface area (Å²) in [5.74, 6) is -7.12.